The van der Waals surface area contributed by atoms with Crippen molar-refractivity contribution >= 4 is 0 Å². The van der Waals surface area contributed by atoms with E-state index in [2.05, 4.69) is 25.1 Å². The van der Waals surface area contributed by atoms with Gasteiger partial charge in [-0.3, -0.25) is 0 Å². The quantitative estimate of drug-likeness (QED) is 0.521. The molecule has 0 unspecified atom stereocenters. The van der Waals surface area contributed by atoms with Crippen molar-refractivity contribution in [3.63, 3.8) is 0 Å². The minimum atomic E-state index is -0.652. The standard InChI is InChI=1S/C24H16F2N6O/c25-15-2-1-3-16(26)19(15)17-6-13-14-7-23(14)10-24(11-23,20(13)32-31-17)18-4-5-27-21(30-18)12-8-28-22(33)29-9-12/h1-6,8-9,14H,7,10-11H2,(H,28,29,33)/t14-,23?,24?/m0/s1. The Labute approximate surface area is 186 Å². The van der Waals surface area contributed by atoms with E-state index in [1.54, 1.807) is 12.3 Å². The van der Waals surface area contributed by atoms with Crippen molar-refractivity contribution < 1.29 is 8.78 Å². The molecular formula is C24H16F2N6O. The Bertz CT molecular complexity index is 1490. The van der Waals surface area contributed by atoms with Crippen LogP contribution in [0.3, 0.4) is 0 Å². The fourth-order valence-corrected chi connectivity index (χ4v) is 5.94. The summed E-state index contributed by atoms with van der Waals surface area (Å²) in [6.07, 6.45) is 7.54. The number of aromatic nitrogens is 6. The lowest BCUT2D eigenvalue weighted by atomic mass is 9.51. The lowest BCUT2D eigenvalue weighted by Gasteiger charge is -2.52. The van der Waals surface area contributed by atoms with Crippen molar-refractivity contribution in [3.8, 4) is 22.6 Å². The Hall–Kier alpha value is -3.88. The van der Waals surface area contributed by atoms with Crippen LogP contribution in [0.2, 0.25) is 0 Å². The van der Waals surface area contributed by atoms with Gasteiger partial charge >= 0.3 is 5.69 Å². The van der Waals surface area contributed by atoms with Gasteiger partial charge in [0, 0.05) is 18.6 Å². The molecule has 162 valence electrons. The number of rotatable bonds is 3. The summed E-state index contributed by atoms with van der Waals surface area (Å²) in [5, 5.41) is 8.78. The zero-order valence-electron chi connectivity index (χ0n) is 17.2. The second-order valence-electron chi connectivity index (χ2n) is 9.26. The molecule has 0 aliphatic heterocycles. The zero-order valence-corrected chi connectivity index (χ0v) is 17.2. The molecule has 1 N–H and O–H groups in total. The minimum absolute atomic E-state index is 0.148. The van der Waals surface area contributed by atoms with Gasteiger partial charge in [-0.1, -0.05) is 6.07 Å². The van der Waals surface area contributed by atoms with Crippen LogP contribution >= 0.6 is 0 Å². The Kier molecular flexibility index (Phi) is 3.46. The van der Waals surface area contributed by atoms with Gasteiger partial charge in [-0.25, -0.2) is 28.5 Å². The Morgan fingerprint density at radius 2 is 1.88 bits per heavy atom. The molecular weight excluding hydrogens is 426 g/mol. The largest absolute Gasteiger partial charge is 0.344 e. The molecule has 0 radical (unpaired) electrons. The summed E-state index contributed by atoms with van der Waals surface area (Å²) in [4.78, 5) is 26.8. The molecule has 1 spiro atoms. The number of nitrogens with one attached hydrogen (secondary N) is 1. The molecule has 1 atom stereocenters. The van der Waals surface area contributed by atoms with E-state index in [0.717, 1.165) is 36.2 Å². The smallest absolute Gasteiger partial charge is 0.312 e. The fraction of sp³-hybridized carbons (Fsp3) is 0.250. The van der Waals surface area contributed by atoms with Crippen LogP contribution in [-0.2, 0) is 5.41 Å². The number of hydrogen-bond donors (Lipinski definition) is 1. The highest BCUT2D eigenvalue weighted by Crippen LogP contribution is 2.81. The molecule has 4 aliphatic carbocycles. The van der Waals surface area contributed by atoms with Crippen molar-refractivity contribution in [2.75, 3.05) is 0 Å². The van der Waals surface area contributed by atoms with E-state index in [-0.39, 0.29) is 16.7 Å². The molecule has 4 aromatic rings. The van der Waals surface area contributed by atoms with Crippen LogP contribution in [0.5, 0.6) is 0 Å². The Balaban J connectivity index is 1.35. The fourth-order valence-electron chi connectivity index (χ4n) is 5.94. The second-order valence-corrected chi connectivity index (χ2v) is 9.26. The molecule has 3 aromatic heterocycles. The predicted octanol–water partition coefficient (Wildman–Crippen LogP) is 3.53. The minimum Gasteiger partial charge on any atom is -0.312 e. The summed E-state index contributed by atoms with van der Waals surface area (Å²) in [5.41, 5.74) is 2.70. The first kappa shape index (κ1) is 18.7. The average Bonchev–Trinajstić information content (AvgIpc) is 3.56. The van der Waals surface area contributed by atoms with Crippen LogP contribution in [0.15, 0.2) is 53.7 Å². The van der Waals surface area contributed by atoms with Gasteiger partial charge in [0.1, 0.15) is 11.6 Å². The lowest BCUT2D eigenvalue weighted by Crippen LogP contribution is -2.49. The molecule has 1 aromatic carbocycles. The van der Waals surface area contributed by atoms with Crippen molar-refractivity contribution in [1.29, 1.82) is 0 Å². The SMILES string of the molecule is O=c1ncc(-c2nccc(C34CC5(C[C@H]5c5cc(-c6c(F)cccc6F)nnc53)C4)n2)c[nH]1. The molecule has 2 fully saturated rings. The highest BCUT2D eigenvalue weighted by molar-refractivity contribution is 5.65. The zero-order chi connectivity index (χ0) is 22.4. The molecule has 4 aliphatic rings. The normalized spacial score (nSPS) is 26.2. The molecule has 33 heavy (non-hydrogen) atoms. The summed E-state index contributed by atoms with van der Waals surface area (Å²) in [7, 11) is 0. The van der Waals surface area contributed by atoms with Crippen LogP contribution in [-0.4, -0.2) is 30.1 Å². The maximum absolute atomic E-state index is 14.4. The summed E-state index contributed by atoms with van der Waals surface area (Å²) < 4.78 is 28.8. The van der Waals surface area contributed by atoms with E-state index >= 15 is 0 Å². The predicted molar refractivity (Wildman–Crippen MR) is 113 cm³/mol. The van der Waals surface area contributed by atoms with Crippen LogP contribution in [0.25, 0.3) is 22.6 Å². The third-order valence-electron chi connectivity index (χ3n) is 7.44. The lowest BCUT2D eigenvalue weighted by molar-refractivity contribution is 0.124. The van der Waals surface area contributed by atoms with Crippen LogP contribution in [0.4, 0.5) is 8.78 Å². The van der Waals surface area contributed by atoms with Crippen molar-refractivity contribution in [3.05, 3.63) is 88.0 Å². The first-order chi connectivity index (χ1) is 16.0. The molecule has 3 heterocycles. The van der Waals surface area contributed by atoms with Crippen LogP contribution in [0, 0.1) is 17.0 Å². The molecule has 8 rings (SSSR count). The number of H-pyrrole nitrogens is 1. The van der Waals surface area contributed by atoms with Gasteiger partial charge in [0.05, 0.1) is 33.6 Å². The topological polar surface area (TPSA) is 97.3 Å². The van der Waals surface area contributed by atoms with Crippen LogP contribution < -0.4 is 5.69 Å². The molecule has 7 nitrogen and oxygen atoms in total. The maximum atomic E-state index is 14.4. The van der Waals surface area contributed by atoms with Gasteiger partial charge in [0.25, 0.3) is 0 Å². The Morgan fingerprint density at radius 3 is 2.64 bits per heavy atom. The highest BCUT2D eigenvalue weighted by atomic mass is 19.1. The summed E-state index contributed by atoms with van der Waals surface area (Å²) in [5.74, 6) is -0.506. The van der Waals surface area contributed by atoms with Crippen molar-refractivity contribution in [2.24, 2.45) is 5.41 Å². The second kappa shape index (κ2) is 6.12. The van der Waals surface area contributed by atoms with Crippen LogP contribution in [0.1, 0.15) is 42.1 Å². The first-order valence-corrected chi connectivity index (χ1v) is 10.7. The maximum Gasteiger partial charge on any atom is 0.344 e. The molecule has 0 amide bonds. The molecule has 2 bridgehead atoms. The molecule has 9 heteroatoms. The van der Waals surface area contributed by atoms with Crippen molar-refractivity contribution in [2.45, 2.75) is 30.6 Å². The highest BCUT2D eigenvalue weighted by Gasteiger charge is 2.74. The number of aromatic amines is 1. The van der Waals surface area contributed by atoms with E-state index < -0.39 is 22.7 Å². The number of benzene rings is 1. The third kappa shape index (κ3) is 2.47. The van der Waals surface area contributed by atoms with Gasteiger partial charge in [0.15, 0.2) is 5.82 Å². The van der Waals surface area contributed by atoms with E-state index in [0.29, 0.717) is 17.3 Å². The van der Waals surface area contributed by atoms with Gasteiger partial charge < -0.3 is 4.98 Å². The molecule has 0 saturated heterocycles. The molecule has 2 saturated carbocycles. The summed E-state index contributed by atoms with van der Waals surface area (Å²) in [6.45, 7) is 0. The Morgan fingerprint density at radius 1 is 1.06 bits per heavy atom. The summed E-state index contributed by atoms with van der Waals surface area (Å²) in [6, 6.07) is 7.48. The van der Waals surface area contributed by atoms with E-state index in [1.165, 1.54) is 30.6 Å². The van der Waals surface area contributed by atoms with Gasteiger partial charge in [-0.05, 0) is 60.4 Å². The van der Waals surface area contributed by atoms with E-state index in [9.17, 15) is 13.6 Å². The van der Waals surface area contributed by atoms with Crippen molar-refractivity contribution in [1.82, 2.24) is 30.1 Å². The van der Waals surface area contributed by atoms with E-state index in [4.69, 9.17) is 4.98 Å². The van der Waals surface area contributed by atoms with E-state index in [1.807, 2.05) is 6.07 Å². The third-order valence-corrected chi connectivity index (χ3v) is 7.44. The average molecular weight is 442 g/mol. The number of nitrogens with zero attached hydrogens (tertiary/aromatic N) is 5. The number of hydrogen-bond acceptors (Lipinski definition) is 6. The first-order valence-electron chi connectivity index (χ1n) is 10.7. The monoisotopic (exact) mass is 442 g/mol. The number of halogens is 2. The van der Waals surface area contributed by atoms with Gasteiger partial charge in [-0.2, -0.15) is 5.10 Å². The van der Waals surface area contributed by atoms with Gasteiger partial charge in [-0.15, -0.1) is 5.10 Å². The van der Waals surface area contributed by atoms with Gasteiger partial charge in [0.2, 0.25) is 0 Å². The summed E-state index contributed by atoms with van der Waals surface area (Å²) >= 11 is 0.